The Bertz CT molecular complexity index is 284. The second-order valence-electron chi connectivity index (χ2n) is 7.16. The van der Waals surface area contributed by atoms with E-state index in [4.69, 9.17) is 4.74 Å². The lowest BCUT2D eigenvalue weighted by Crippen LogP contribution is -2.49. The minimum atomic E-state index is -1.91. The average Bonchev–Trinajstić information content (AvgIpc) is 2.22. The van der Waals surface area contributed by atoms with Crippen LogP contribution < -0.4 is 0 Å². The molecule has 1 unspecified atom stereocenters. The first-order chi connectivity index (χ1) is 8.47. The highest BCUT2D eigenvalue weighted by molar-refractivity contribution is 5.80. The third kappa shape index (κ3) is 4.47. The van der Waals surface area contributed by atoms with Crippen molar-refractivity contribution in [3.63, 3.8) is 0 Å². The van der Waals surface area contributed by atoms with Crippen molar-refractivity contribution in [1.82, 2.24) is 0 Å². The number of alkyl halides is 1. The molecule has 0 aromatic rings. The summed E-state index contributed by atoms with van der Waals surface area (Å²) in [6, 6.07) is 0. The number of carbonyl (C=O) groups is 1. The van der Waals surface area contributed by atoms with Crippen molar-refractivity contribution >= 4 is 5.97 Å². The van der Waals surface area contributed by atoms with Gasteiger partial charge in [0.1, 0.15) is 6.10 Å². The largest absolute Gasteiger partial charge is 0.459 e. The van der Waals surface area contributed by atoms with Crippen molar-refractivity contribution in [3.8, 4) is 0 Å². The molecular formula is C16H31FO2. The lowest BCUT2D eigenvalue weighted by atomic mass is 9.75. The van der Waals surface area contributed by atoms with Gasteiger partial charge in [-0.3, -0.25) is 0 Å². The van der Waals surface area contributed by atoms with Gasteiger partial charge in [0, 0.05) is 5.41 Å². The van der Waals surface area contributed by atoms with Crippen LogP contribution in [0.2, 0.25) is 0 Å². The first-order valence-corrected chi connectivity index (χ1v) is 7.37. The SMILES string of the molecule is CCCC(F)(C(=O)OC(C(C)C)C(C)C)C(C)(C)C. The summed E-state index contributed by atoms with van der Waals surface area (Å²) in [7, 11) is 0. The zero-order valence-electron chi connectivity index (χ0n) is 13.8. The Balaban J connectivity index is 5.13. The van der Waals surface area contributed by atoms with Crippen molar-refractivity contribution in [2.45, 2.75) is 80.0 Å². The maximum Gasteiger partial charge on any atom is 0.344 e. The molecule has 0 aromatic carbocycles. The topological polar surface area (TPSA) is 26.3 Å². The molecule has 0 aromatic heterocycles. The number of esters is 1. The Hall–Kier alpha value is -0.600. The molecule has 0 aliphatic carbocycles. The first-order valence-electron chi connectivity index (χ1n) is 7.37. The van der Waals surface area contributed by atoms with Gasteiger partial charge < -0.3 is 4.74 Å². The van der Waals surface area contributed by atoms with Gasteiger partial charge in [-0.25, -0.2) is 9.18 Å². The average molecular weight is 274 g/mol. The molecule has 2 nitrogen and oxygen atoms in total. The summed E-state index contributed by atoms with van der Waals surface area (Å²) in [5.74, 6) is -0.321. The summed E-state index contributed by atoms with van der Waals surface area (Å²) in [5, 5.41) is 0. The van der Waals surface area contributed by atoms with Crippen molar-refractivity contribution in [2.24, 2.45) is 17.3 Å². The van der Waals surface area contributed by atoms with Crippen LogP contribution in [0.1, 0.15) is 68.2 Å². The van der Waals surface area contributed by atoms with E-state index in [0.717, 1.165) is 0 Å². The van der Waals surface area contributed by atoms with E-state index < -0.39 is 17.1 Å². The molecule has 0 radical (unpaired) electrons. The monoisotopic (exact) mass is 274 g/mol. The van der Waals surface area contributed by atoms with Gasteiger partial charge in [0.05, 0.1) is 0 Å². The van der Waals surface area contributed by atoms with E-state index in [0.29, 0.717) is 6.42 Å². The Labute approximate surface area is 118 Å². The second-order valence-corrected chi connectivity index (χ2v) is 7.16. The minimum Gasteiger partial charge on any atom is -0.459 e. The van der Waals surface area contributed by atoms with E-state index in [1.165, 1.54) is 0 Å². The van der Waals surface area contributed by atoms with Crippen LogP contribution >= 0.6 is 0 Å². The van der Waals surface area contributed by atoms with Gasteiger partial charge in [-0.05, 0) is 18.3 Å². The molecule has 0 aliphatic rings. The second kappa shape index (κ2) is 6.71. The van der Waals surface area contributed by atoms with Crippen molar-refractivity contribution in [3.05, 3.63) is 0 Å². The van der Waals surface area contributed by atoms with Crippen LogP contribution in [0.3, 0.4) is 0 Å². The number of hydrogen-bond acceptors (Lipinski definition) is 2. The van der Waals surface area contributed by atoms with E-state index >= 15 is 4.39 Å². The predicted octanol–water partition coefficient (Wildman–Crippen LogP) is 4.76. The van der Waals surface area contributed by atoms with Gasteiger partial charge in [-0.15, -0.1) is 0 Å². The van der Waals surface area contributed by atoms with Gasteiger partial charge >= 0.3 is 5.97 Å². The van der Waals surface area contributed by atoms with Crippen molar-refractivity contribution < 1.29 is 13.9 Å². The van der Waals surface area contributed by atoms with E-state index in [9.17, 15) is 4.79 Å². The molecule has 114 valence electrons. The first kappa shape index (κ1) is 18.4. The van der Waals surface area contributed by atoms with Crippen LogP contribution in [-0.4, -0.2) is 17.7 Å². The van der Waals surface area contributed by atoms with Crippen LogP contribution in [0.4, 0.5) is 4.39 Å². The zero-order chi connectivity index (χ0) is 15.4. The smallest absolute Gasteiger partial charge is 0.344 e. The molecule has 3 heteroatoms. The van der Waals surface area contributed by atoms with Crippen LogP contribution in [0.25, 0.3) is 0 Å². The molecule has 0 saturated carbocycles. The number of halogens is 1. The lowest BCUT2D eigenvalue weighted by Gasteiger charge is -2.37. The molecule has 0 aliphatic heterocycles. The highest BCUT2D eigenvalue weighted by Crippen LogP contribution is 2.40. The Morgan fingerprint density at radius 1 is 1.11 bits per heavy atom. The Morgan fingerprint density at radius 3 is 1.79 bits per heavy atom. The lowest BCUT2D eigenvalue weighted by molar-refractivity contribution is -0.177. The van der Waals surface area contributed by atoms with Gasteiger partial charge in [0.2, 0.25) is 5.67 Å². The third-order valence-electron chi connectivity index (χ3n) is 3.66. The summed E-state index contributed by atoms with van der Waals surface area (Å²) in [5.41, 5.74) is -2.66. The van der Waals surface area contributed by atoms with Gasteiger partial charge in [-0.1, -0.05) is 61.8 Å². The molecule has 0 spiro atoms. The number of ether oxygens (including phenoxy) is 1. The molecule has 0 rings (SSSR count). The summed E-state index contributed by atoms with van der Waals surface area (Å²) in [4.78, 5) is 12.3. The summed E-state index contributed by atoms with van der Waals surface area (Å²) >= 11 is 0. The Kier molecular flexibility index (Phi) is 6.50. The molecule has 0 heterocycles. The van der Waals surface area contributed by atoms with Gasteiger partial charge in [0.25, 0.3) is 0 Å². The Morgan fingerprint density at radius 2 is 1.53 bits per heavy atom. The van der Waals surface area contributed by atoms with Crippen LogP contribution in [-0.2, 0) is 9.53 Å². The van der Waals surface area contributed by atoms with E-state index in [2.05, 4.69) is 0 Å². The quantitative estimate of drug-likeness (QED) is 0.652. The highest BCUT2D eigenvalue weighted by atomic mass is 19.1. The molecule has 1 atom stereocenters. The maximum atomic E-state index is 15.1. The third-order valence-corrected chi connectivity index (χ3v) is 3.66. The minimum absolute atomic E-state index is 0.190. The fraction of sp³-hybridized carbons (Fsp3) is 0.938. The standard InChI is InChI=1S/C16H31FO2/c1-9-10-16(17,15(6,7)8)14(18)19-13(11(2)3)12(4)5/h11-13H,9-10H2,1-8H3. The predicted molar refractivity (Wildman–Crippen MR) is 77.8 cm³/mol. The number of rotatable bonds is 6. The van der Waals surface area contributed by atoms with Crippen LogP contribution in [0.15, 0.2) is 0 Å². The molecule has 0 fully saturated rings. The van der Waals surface area contributed by atoms with E-state index in [-0.39, 0.29) is 24.4 Å². The normalized spacial score (nSPS) is 16.0. The van der Waals surface area contributed by atoms with Crippen molar-refractivity contribution in [2.75, 3.05) is 0 Å². The molecule has 0 N–H and O–H groups in total. The maximum absolute atomic E-state index is 15.1. The zero-order valence-corrected chi connectivity index (χ0v) is 13.8. The van der Waals surface area contributed by atoms with E-state index in [1.54, 1.807) is 20.8 Å². The van der Waals surface area contributed by atoms with Crippen LogP contribution in [0, 0.1) is 17.3 Å². The number of hydrogen-bond donors (Lipinski definition) is 0. The summed E-state index contributed by atoms with van der Waals surface area (Å²) in [6.45, 7) is 15.1. The molecule has 0 amide bonds. The molecule has 0 bridgehead atoms. The van der Waals surface area contributed by atoms with Crippen molar-refractivity contribution in [1.29, 1.82) is 0 Å². The van der Waals surface area contributed by atoms with E-state index in [1.807, 2.05) is 34.6 Å². The summed E-state index contributed by atoms with van der Waals surface area (Å²) < 4.78 is 20.6. The molecule has 0 saturated heterocycles. The van der Waals surface area contributed by atoms with Crippen LogP contribution in [0.5, 0.6) is 0 Å². The summed E-state index contributed by atoms with van der Waals surface area (Å²) in [6.07, 6.45) is 0.594. The molecular weight excluding hydrogens is 243 g/mol. The van der Waals surface area contributed by atoms with Gasteiger partial charge in [0.15, 0.2) is 0 Å². The number of carbonyl (C=O) groups excluding carboxylic acids is 1. The fourth-order valence-electron chi connectivity index (χ4n) is 2.39. The van der Waals surface area contributed by atoms with Gasteiger partial charge in [-0.2, -0.15) is 0 Å². The fourth-order valence-corrected chi connectivity index (χ4v) is 2.39. The highest BCUT2D eigenvalue weighted by Gasteiger charge is 2.50. The molecule has 19 heavy (non-hydrogen) atoms.